The van der Waals surface area contributed by atoms with E-state index in [0.717, 1.165) is 0 Å². The van der Waals surface area contributed by atoms with Gasteiger partial charge in [-0.1, -0.05) is 140 Å². The first kappa shape index (κ1) is 28.9. The standard InChI is InChI=1S/C36H56N2O/c39-36-30-22-18-16-14-12-10-8-6-4-2-1-3-5-7-9-11-13-15-17-21-29(25-26-30)34(36)35-32-24-20-19-23-31(32)33-27-37-28-38(33)35/h19-20,23-24,27-30,34-36,39H,1-18,21-22,25-26H2/t29?,30?,34-,35+,36-/m1/s1. The average molecular weight is 533 g/mol. The molecule has 39 heavy (non-hydrogen) atoms. The van der Waals surface area contributed by atoms with Gasteiger partial charge in [0.1, 0.15) is 0 Å². The van der Waals surface area contributed by atoms with Gasteiger partial charge in [0.2, 0.25) is 0 Å². The largest absolute Gasteiger partial charge is 0.392 e. The zero-order valence-corrected chi connectivity index (χ0v) is 24.7. The fourth-order valence-corrected chi connectivity index (χ4v) is 8.39. The molecule has 0 saturated heterocycles. The van der Waals surface area contributed by atoms with Crippen molar-refractivity contribution in [1.82, 2.24) is 9.55 Å². The monoisotopic (exact) mass is 532 g/mol. The number of aliphatic hydroxyl groups excluding tert-OH is 1. The number of nitrogens with zero attached hydrogens (tertiary/aromatic N) is 2. The molecule has 4 aliphatic rings. The fraction of sp³-hybridized carbons (Fsp3) is 0.750. The van der Waals surface area contributed by atoms with Gasteiger partial charge in [0.05, 0.1) is 30.4 Å². The first-order valence-electron chi connectivity index (χ1n) is 17.1. The van der Waals surface area contributed by atoms with Crippen molar-refractivity contribution < 1.29 is 5.11 Å². The molecular weight excluding hydrogens is 476 g/mol. The van der Waals surface area contributed by atoms with Crippen molar-refractivity contribution in [2.75, 3.05) is 0 Å². The van der Waals surface area contributed by atoms with Gasteiger partial charge in [0.25, 0.3) is 0 Å². The topological polar surface area (TPSA) is 38.1 Å². The Labute approximate surface area is 239 Å². The summed E-state index contributed by atoms with van der Waals surface area (Å²) in [7, 11) is 0. The van der Waals surface area contributed by atoms with Gasteiger partial charge < -0.3 is 9.67 Å². The van der Waals surface area contributed by atoms with E-state index >= 15 is 0 Å². The quantitative estimate of drug-likeness (QED) is 0.397. The van der Waals surface area contributed by atoms with Gasteiger partial charge in [-0.3, -0.25) is 0 Å². The molecule has 2 heterocycles. The molecule has 1 aromatic carbocycles. The summed E-state index contributed by atoms with van der Waals surface area (Å²) in [4.78, 5) is 4.56. The molecule has 0 radical (unpaired) electrons. The first-order chi connectivity index (χ1) is 19.3. The van der Waals surface area contributed by atoms with Crippen LogP contribution in [-0.2, 0) is 0 Å². The van der Waals surface area contributed by atoms with Crippen LogP contribution in [0.2, 0.25) is 0 Å². The second-order valence-electron chi connectivity index (χ2n) is 13.3. The van der Waals surface area contributed by atoms with Crippen LogP contribution in [0.15, 0.2) is 36.8 Å². The van der Waals surface area contributed by atoms with Crippen LogP contribution in [0, 0.1) is 17.8 Å². The van der Waals surface area contributed by atoms with Gasteiger partial charge in [-0.25, -0.2) is 4.98 Å². The molecule has 5 atom stereocenters. The second-order valence-corrected chi connectivity index (χ2v) is 13.3. The normalized spacial score (nSPS) is 30.7. The van der Waals surface area contributed by atoms with Crippen LogP contribution in [0.3, 0.4) is 0 Å². The smallest absolute Gasteiger partial charge is 0.0956 e. The molecule has 3 fully saturated rings. The lowest BCUT2D eigenvalue weighted by atomic mass is 9.65. The van der Waals surface area contributed by atoms with E-state index in [0.29, 0.717) is 17.8 Å². The molecule has 3 heteroatoms. The molecular formula is C36H56N2O. The molecule has 3 saturated carbocycles. The minimum atomic E-state index is -0.208. The maximum atomic E-state index is 12.0. The highest BCUT2D eigenvalue weighted by molar-refractivity contribution is 5.69. The summed E-state index contributed by atoms with van der Waals surface area (Å²) in [6.45, 7) is 0. The molecule has 6 rings (SSSR count). The summed E-state index contributed by atoms with van der Waals surface area (Å²) in [5, 5.41) is 12.0. The summed E-state index contributed by atoms with van der Waals surface area (Å²) in [6.07, 6.45) is 34.2. The average Bonchev–Trinajstić information content (AvgIpc) is 3.54. The SMILES string of the molecule is O[C@@H]1C2CCCCCCCCCCCCCCCCCCCCC(CC2)[C@@H]1[C@@H]1c2ccccc2-c2cncn21. The predicted octanol–water partition coefficient (Wildman–Crippen LogP) is 10.3. The zero-order valence-electron chi connectivity index (χ0n) is 24.7. The Morgan fingerprint density at radius 3 is 1.67 bits per heavy atom. The summed E-state index contributed by atoms with van der Waals surface area (Å²) < 4.78 is 2.41. The van der Waals surface area contributed by atoms with E-state index in [1.54, 1.807) is 0 Å². The van der Waals surface area contributed by atoms with E-state index in [9.17, 15) is 5.11 Å². The van der Waals surface area contributed by atoms with Crippen LogP contribution in [-0.4, -0.2) is 20.8 Å². The molecule has 216 valence electrons. The highest BCUT2D eigenvalue weighted by atomic mass is 16.3. The van der Waals surface area contributed by atoms with Crippen LogP contribution in [0.4, 0.5) is 0 Å². The van der Waals surface area contributed by atoms with Crippen molar-refractivity contribution in [3.8, 4) is 11.3 Å². The number of hydrogen-bond donors (Lipinski definition) is 1. The van der Waals surface area contributed by atoms with Gasteiger partial charge in [0, 0.05) is 11.5 Å². The zero-order chi connectivity index (χ0) is 26.7. The third kappa shape index (κ3) is 7.57. The highest BCUT2D eigenvalue weighted by Crippen LogP contribution is 2.51. The van der Waals surface area contributed by atoms with Crippen molar-refractivity contribution in [3.63, 3.8) is 0 Å². The molecule has 1 N–H and O–H groups in total. The molecule has 1 aromatic heterocycles. The second kappa shape index (κ2) is 15.4. The van der Waals surface area contributed by atoms with Gasteiger partial charge >= 0.3 is 0 Å². The lowest BCUT2D eigenvalue weighted by Gasteiger charge is -2.44. The Morgan fingerprint density at radius 2 is 1.08 bits per heavy atom. The Balaban J connectivity index is 1.25. The summed E-state index contributed by atoms with van der Waals surface area (Å²) in [5.74, 6) is 1.36. The Kier molecular flexibility index (Phi) is 11.4. The number of rotatable bonds is 1. The molecule has 3 aliphatic carbocycles. The van der Waals surface area contributed by atoms with E-state index in [-0.39, 0.29) is 12.1 Å². The van der Waals surface area contributed by atoms with Crippen molar-refractivity contribution in [2.45, 2.75) is 153 Å². The number of benzene rings is 1. The third-order valence-electron chi connectivity index (χ3n) is 10.6. The molecule has 2 aromatic rings. The number of aromatic nitrogens is 2. The lowest BCUT2D eigenvalue weighted by molar-refractivity contribution is -0.0371. The number of aliphatic hydroxyl groups is 1. The maximum Gasteiger partial charge on any atom is 0.0956 e. The fourth-order valence-electron chi connectivity index (χ4n) is 8.39. The van der Waals surface area contributed by atoms with Gasteiger partial charge in [-0.15, -0.1) is 0 Å². The molecule has 3 nitrogen and oxygen atoms in total. The van der Waals surface area contributed by atoms with Crippen LogP contribution in [0.1, 0.15) is 153 Å². The van der Waals surface area contributed by atoms with Gasteiger partial charge in [0.15, 0.2) is 0 Å². The molecule has 0 spiro atoms. The Morgan fingerprint density at radius 1 is 0.590 bits per heavy atom. The molecule has 0 amide bonds. The lowest BCUT2D eigenvalue weighted by Crippen LogP contribution is -2.43. The summed E-state index contributed by atoms with van der Waals surface area (Å²) in [6, 6.07) is 9.16. The van der Waals surface area contributed by atoms with E-state index < -0.39 is 0 Å². The van der Waals surface area contributed by atoms with Crippen molar-refractivity contribution in [3.05, 3.63) is 42.4 Å². The van der Waals surface area contributed by atoms with E-state index in [4.69, 9.17) is 0 Å². The van der Waals surface area contributed by atoms with Gasteiger partial charge in [-0.05, 0) is 43.1 Å². The van der Waals surface area contributed by atoms with E-state index in [2.05, 4.69) is 33.8 Å². The highest BCUT2D eigenvalue weighted by Gasteiger charge is 2.46. The van der Waals surface area contributed by atoms with Gasteiger partial charge in [-0.2, -0.15) is 0 Å². The van der Waals surface area contributed by atoms with Crippen molar-refractivity contribution in [1.29, 1.82) is 0 Å². The minimum Gasteiger partial charge on any atom is -0.392 e. The van der Waals surface area contributed by atoms with Crippen molar-refractivity contribution >= 4 is 0 Å². The first-order valence-corrected chi connectivity index (χ1v) is 17.1. The van der Waals surface area contributed by atoms with Crippen LogP contribution in [0.5, 0.6) is 0 Å². The van der Waals surface area contributed by atoms with Crippen molar-refractivity contribution in [2.24, 2.45) is 17.8 Å². The van der Waals surface area contributed by atoms with Crippen LogP contribution >= 0.6 is 0 Å². The molecule has 2 bridgehead atoms. The van der Waals surface area contributed by atoms with Crippen LogP contribution < -0.4 is 0 Å². The Hall–Kier alpha value is -1.61. The molecule has 2 unspecified atom stereocenters. The van der Waals surface area contributed by atoms with Crippen LogP contribution in [0.25, 0.3) is 11.3 Å². The van der Waals surface area contributed by atoms with E-state index in [1.165, 1.54) is 158 Å². The number of hydrogen-bond acceptors (Lipinski definition) is 2. The maximum absolute atomic E-state index is 12.0. The molecule has 1 aliphatic heterocycles. The number of imidazole rings is 1. The summed E-state index contributed by atoms with van der Waals surface area (Å²) >= 11 is 0. The Bertz CT molecular complexity index is 960. The van der Waals surface area contributed by atoms with E-state index in [1.807, 2.05) is 12.5 Å². The predicted molar refractivity (Wildman–Crippen MR) is 164 cm³/mol. The number of fused-ring (bicyclic) bond motifs is 24. The summed E-state index contributed by atoms with van der Waals surface area (Å²) in [5.41, 5.74) is 3.98. The minimum absolute atomic E-state index is 0.208. The third-order valence-corrected chi connectivity index (χ3v) is 10.6.